The molecule has 0 saturated carbocycles. The van der Waals surface area contributed by atoms with Gasteiger partial charge in [0.05, 0.1) is 11.0 Å². The molecule has 1 heterocycles. The van der Waals surface area contributed by atoms with Crippen molar-refractivity contribution in [1.29, 1.82) is 0 Å². The van der Waals surface area contributed by atoms with E-state index < -0.39 is 30.4 Å². The third kappa shape index (κ3) is 4.29. The average Bonchev–Trinajstić information content (AvgIpc) is 3.08. The number of amides is 1. The molecule has 2 rings (SSSR count). The van der Waals surface area contributed by atoms with Gasteiger partial charge in [-0.15, -0.1) is 11.3 Å². The van der Waals surface area contributed by atoms with Crippen molar-refractivity contribution < 1.29 is 19.8 Å². The second kappa shape index (κ2) is 8.19. The fourth-order valence-corrected chi connectivity index (χ4v) is 3.22. The van der Waals surface area contributed by atoms with Crippen molar-refractivity contribution in [3.8, 4) is 10.4 Å². The Kier molecular flexibility index (Phi) is 6.25. The van der Waals surface area contributed by atoms with E-state index in [4.69, 9.17) is 5.11 Å². The first-order chi connectivity index (χ1) is 11.5. The number of Topliss-reactive ketones (excluding diaryl/α,β-unsaturated/α-hetero) is 1. The summed E-state index contributed by atoms with van der Waals surface area (Å²) in [6, 6.07) is 10.6. The molecule has 0 aliphatic heterocycles. The van der Waals surface area contributed by atoms with Gasteiger partial charge in [0.15, 0.2) is 5.78 Å². The van der Waals surface area contributed by atoms with Crippen molar-refractivity contribution in [3.05, 3.63) is 46.8 Å². The van der Waals surface area contributed by atoms with Crippen LogP contribution in [-0.2, 0) is 11.2 Å². The highest BCUT2D eigenvalue weighted by Crippen LogP contribution is 2.28. The number of nitrogens with one attached hydrogen (secondary N) is 1. The zero-order valence-corrected chi connectivity index (χ0v) is 14.5. The number of thiophene rings is 1. The average molecular weight is 347 g/mol. The predicted octanol–water partition coefficient (Wildman–Crippen LogP) is 2.02. The van der Waals surface area contributed by atoms with Gasteiger partial charge in [0.25, 0.3) is 5.91 Å². The Morgan fingerprint density at radius 1 is 1.17 bits per heavy atom. The Hall–Kier alpha value is -2.02. The van der Waals surface area contributed by atoms with Gasteiger partial charge in [0.2, 0.25) is 0 Å². The molecule has 128 valence electrons. The molecule has 0 bridgehead atoms. The van der Waals surface area contributed by atoms with E-state index in [-0.39, 0.29) is 0 Å². The number of rotatable bonds is 7. The monoisotopic (exact) mass is 347 g/mol. The van der Waals surface area contributed by atoms with Crippen LogP contribution < -0.4 is 5.32 Å². The molecule has 24 heavy (non-hydrogen) atoms. The standard InChI is InChI=1S/C18H21NO4S/c1-3-12-4-6-13(7-5-12)15-8-9-16(24-15)18(23)19-17(11(2)21)14(22)10-20/h4-9,11,17,20-21H,3,10H2,1-2H3,(H,19,23)/t11-,17+/m1/s1. The summed E-state index contributed by atoms with van der Waals surface area (Å²) >= 11 is 1.31. The van der Waals surface area contributed by atoms with Gasteiger partial charge < -0.3 is 15.5 Å². The minimum Gasteiger partial charge on any atom is -0.391 e. The van der Waals surface area contributed by atoms with Gasteiger partial charge in [0.1, 0.15) is 12.6 Å². The highest BCUT2D eigenvalue weighted by Gasteiger charge is 2.25. The summed E-state index contributed by atoms with van der Waals surface area (Å²) < 4.78 is 0. The summed E-state index contributed by atoms with van der Waals surface area (Å²) in [5.41, 5.74) is 2.27. The number of hydrogen-bond donors (Lipinski definition) is 3. The molecule has 0 spiro atoms. The lowest BCUT2D eigenvalue weighted by atomic mass is 10.1. The fraction of sp³-hybridized carbons (Fsp3) is 0.333. The minimum atomic E-state index is -1.11. The van der Waals surface area contributed by atoms with Gasteiger partial charge in [0, 0.05) is 4.88 Å². The van der Waals surface area contributed by atoms with E-state index in [1.165, 1.54) is 23.8 Å². The van der Waals surface area contributed by atoms with Crippen LogP contribution >= 0.6 is 11.3 Å². The number of benzene rings is 1. The van der Waals surface area contributed by atoms with Gasteiger partial charge >= 0.3 is 0 Å². The van der Waals surface area contributed by atoms with E-state index in [0.29, 0.717) is 4.88 Å². The first-order valence-electron chi connectivity index (χ1n) is 7.78. The van der Waals surface area contributed by atoms with Crippen LogP contribution in [0.5, 0.6) is 0 Å². The van der Waals surface area contributed by atoms with Crippen LogP contribution in [0.25, 0.3) is 10.4 Å². The lowest BCUT2D eigenvalue weighted by Crippen LogP contribution is -2.48. The van der Waals surface area contributed by atoms with Crippen LogP contribution in [0, 0.1) is 0 Å². The molecular formula is C18H21NO4S. The molecule has 0 fully saturated rings. The molecular weight excluding hydrogens is 326 g/mol. The number of ketones is 1. The van der Waals surface area contributed by atoms with Crippen LogP contribution in [0.3, 0.4) is 0 Å². The number of hydrogen-bond acceptors (Lipinski definition) is 5. The lowest BCUT2D eigenvalue weighted by Gasteiger charge is -2.18. The second-order valence-electron chi connectivity index (χ2n) is 5.53. The van der Waals surface area contributed by atoms with E-state index >= 15 is 0 Å². The van der Waals surface area contributed by atoms with Gasteiger partial charge in [-0.05, 0) is 36.6 Å². The third-order valence-corrected chi connectivity index (χ3v) is 4.88. The fourth-order valence-electron chi connectivity index (χ4n) is 2.30. The molecule has 1 amide bonds. The van der Waals surface area contributed by atoms with Crippen molar-refractivity contribution >= 4 is 23.0 Å². The normalized spacial score (nSPS) is 13.3. The van der Waals surface area contributed by atoms with Crippen LogP contribution in [0.4, 0.5) is 0 Å². The number of aryl methyl sites for hydroxylation is 1. The Labute approximate surface area is 145 Å². The lowest BCUT2D eigenvalue weighted by molar-refractivity contribution is -0.125. The maximum absolute atomic E-state index is 12.3. The van der Waals surface area contributed by atoms with Crippen LogP contribution in [-0.4, -0.2) is 40.7 Å². The quantitative estimate of drug-likeness (QED) is 0.715. The topological polar surface area (TPSA) is 86.6 Å². The molecule has 0 aliphatic rings. The van der Waals surface area contributed by atoms with Gasteiger partial charge in [-0.2, -0.15) is 0 Å². The smallest absolute Gasteiger partial charge is 0.262 e. The van der Waals surface area contributed by atoms with Crippen molar-refractivity contribution in [3.63, 3.8) is 0 Å². The molecule has 0 aliphatic carbocycles. The van der Waals surface area contributed by atoms with Crippen LogP contribution in [0.15, 0.2) is 36.4 Å². The molecule has 3 N–H and O–H groups in total. The molecule has 0 unspecified atom stereocenters. The predicted molar refractivity (Wildman–Crippen MR) is 94.2 cm³/mol. The van der Waals surface area contributed by atoms with Crippen LogP contribution in [0.1, 0.15) is 29.1 Å². The van der Waals surface area contributed by atoms with Crippen molar-refractivity contribution in [1.82, 2.24) is 5.32 Å². The number of aliphatic hydroxyl groups is 2. The van der Waals surface area contributed by atoms with Crippen molar-refractivity contribution in [2.45, 2.75) is 32.4 Å². The third-order valence-electron chi connectivity index (χ3n) is 3.75. The van der Waals surface area contributed by atoms with Gasteiger partial charge in [-0.25, -0.2) is 0 Å². The molecule has 0 saturated heterocycles. The van der Waals surface area contributed by atoms with E-state index in [1.54, 1.807) is 6.07 Å². The number of carbonyl (C=O) groups is 2. The molecule has 1 aromatic heterocycles. The summed E-state index contributed by atoms with van der Waals surface area (Å²) in [5.74, 6) is -1.06. The Bertz CT molecular complexity index is 706. The number of aliphatic hydroxyl groups excluding tert-OH is 2. The summed E-state index contributed by atoms with van der Waals surface area (Å²) in [7, 11) is 0. The van der Waals surface area contributed by atoms with Crippen molar-refractivity contribution in [2.24, 2.45) is 0 Å². The highest BCUT2D eigenvalue weighted by molar-refractivity contribution is 7.17. The Morgan fingerprint density at radius 2 is 1.83 bits per heavy atom. The summed E-state index contributed by atoms with van der Waals surface area (Å²) in [4.78, 5) is 25.3. The first kappa shape index (κ1) is 18.3. The molecule has 6 heteroatoms. The van der Waals surface area contributed by atoms with Crippen LogP contribution in [0.2, 0.25) is 0 Å². The van der Waals surface area contributed by atoms with Crippen molar-refractivity contribution in [2.75, 3.05) is 6.61 Å². The second-order valence-corrected chi connectivity index (χ2v) is 6.61. The van der Waals surface area contributed by atoms with E-state index in [9.17, 15) is 14.7 Å². The molecule has 2 aromatic rings. The van der Waals surface area contributed by atoms with E-state index in [0.717, 1.165) is 16.9 Å². The van der Waals surface area contributed by atoms with Gasteiger partial charge in [-0.1, -0.05) is 31.2 Å². The summed E-state index contributed by atoms with van der Waals surface area (Å²) in [5, 5.41) is 21.0. The zero-order chi connectivity index (χ0) is 17.7. The molecule has 2 atom stereocenters. The summed E-state index contributed by atoms with van der Waals surface area (Å²) in [6.45, 7) is 2.76. The molecule has 0 radical (unpaired) electrons. The highest BCUT2D eigenvalue weighted by atomic mass is 32.1. The van der Waals surface area contributed by atoms with E-state index in [2.05, 4.69) is 24.4 Å². The van der Waals surface area contributed by atoms with E-state index in [1.807, 2.05) is 18.2 Å². The summed E-state index contributed by atoms with van der Waals surface area (Å²) in [6.07, 6.45) is -0.104. The Morgan fingerprint density at radius 3 is 2.38 bits per heavy atom. The maximum Gasteiger partial charge on any atom is 0.262 e. The number of carbonyl (C=O) groups excluding carboxylic acids is 2. The van der Waals surface area contributed by atoms with Gasteiger partial charge in [-0.3, -0.25) is 9.59 Å². The molecule has 1 aromatic carbocycles. The zero-order valence-electron chi connectivity index (χ0n) is 13.7. The molecule has 5 nitrogen and oxygen atoms in total. The Balaban J connectivity index is 2.13. The minimum absolute atomic E-state index is 0.441. The first-order valence-corrected chi connectivity index (χ1v) is 8.59. The SMILES string of the molecule is CCc1ccc(-c2ccc(C(=O)N[C@H](C(=O)CO)[C@@H](C)O)s2)cc1. The largest absolute Gasteiger partial charge is 0.391 e. The maximum atomic E-state index is 12.3.